The van der Waals surface area contributed by atoms with E-state index >= 15 is 0 Å². The molecule has 116 valence electrons. The van der Waals surface area contributed by atoms with Gasteiger partial charge in [-0.2, -0.15) is 0 Å². The monoisotopic (exact) mass is 290 g/mol. The Hall–Kier alpha value is -1.17. The summed E-state index contributed by atoms with van der Waals surface area (Å²) in [4.78, 5) is 9.42. The molecule has 1 aromatic rings. The van der Waals surface area contributed by atoms with E-state index in [0.29, 0.717) is 12.1 Å². The Kier molecular flexibility index (Phi) is 5.06. The van der Waals surface area contributed by atoms with E-state index in [9.17, 15) is 0 Å². The van der Waals surface area contributed by atoms with Crippen LogP contribution in [0, 0.1) is 0 Å². The van der Waals surface area contributed by atoms with Crippen LogP contribution in [0.1, 0.15) is 13.3 Å². The topological polar surface area (TPSA) is 40.6 Å². The van der Waals surface area contributed by atoms with Gasteiger partial charge >= 0.3 is 0 Å². The van der Waals surface area contributed by atoms with Crippen molar-refractivity contribution in [3.8, 4) is 0 Å². The van der Waals surface area contributed by atoms with Gasteiger partial charge in [0.1, 0.15) is 5.82 Å². The van der Waals surface area contributed by atoms with Gasteiger partial charge in [0, 0.05) is 51.0 Å². The van der Waals surface area contributed by atoms with Crippen LogP contribution in [0.2, 0.25) is 0 Å². The second-order valence-electron chi connectivity index (χ2n) is 6.02. The molecule has 3 heterocycles. The number of ether oxygens (including phenoxy) is 1. The first-order valence-corrected chi connectivity index (χ1v) is 8.04. The summed E-state index contributed by atoms with van der Waals surface area (Å²) >= 11 is 0. The van der Waals surface area contributed by atoms with E-state index in [1.807, 2.05) is 12.3 Å². The zero-order chi connectivity index (χ0) is 14.5. The van der Waals surface area contributed by atoms with E-state index in [1.165, 1.54) is 6.42 Å². The Bertz CT molecular complexity index is 414. The summed E-state index contributed by atoms with van der Waals surface area (Å²) in [5.41, 5.74) is 0. The molecular formula is C16H26N4O. The average Bonchev–Trinajstić information content (AvgIpc) is 2.57. The highest BCUT2D eigenvalue weighted by Gasteiger charge is 2.24. The van der Waals surface area contributed by atoms with Gasteiger partial charge in [0.05, 0.1) is 13.2 Å². The Balaban J connectivity index is 1.46. The molecule has 0 spiro atoms. The maximum atomic E-state index is 5.55. The molecule has 2 unspecified atom stereocenters. The molecule has 2 atom stereocenters. The quantitative estimate of drug-likeness (QED) is 0.895. The number of hydrogen-bond donors (Lipinski definition) is 1. The third-order valence-corrected chi connectivity index (χ3v) is 4.53. The molecule has 1 aromatic heterocycles. The van der Waals surface area contributed by atoms with Gasteiger partial charge in [0.25, 0.3) is 0 Å². The van der Waals surface area contributed by atoms with Crippen LogP contribution in [0.3, 0.4) is 0 Å². The minimum atomic E-state index is 0.516. The summed E-state index contributed by atoms with van der Waals surface area (Å²) in [7, 11) is 0. The number of hydrogen-bond acceptors (Lipinski definition) is 5. The third-order valence-electron chi connectivity index (χ3n) is 4.53. The second-order valence-corrected chi connectivity index (χ2v) is 6.02. The Morgan fingerprint density at radius 2 is 2.19 bits per heavy atom. The molecule has 0 aliphatic carbocycles. The number of morpholine rings is 1. The first-order valence-electron chi connectivity index (χ1n) is 8.04. The number of aromatic nitrogens is 1. The maximum absolute atomic E-state index is 5.55. The van der Waals surface area contributed by atoms with E-state index < -0.39 is 0 Å². The first kappa shape index (κ1) is 14.8. The number of nitrogens with zero attached hydrogens (tertiary/aromatic N) is 3. The fourth-order valence-corrected chi connectivity index (χ4v) is 3.26. The predicted molar refractivity (Wildman–Crippen MR) is 84.7 cm³/mol. The number of rotatable bonds is 4. The van der Waals surface area contributed by atoms with E-state index in [4.69, 9.17) is 4.74 Å². The lowest BCUT2D eigenvalue weighted by molar-refractivity contribution is 0.0611. The van der Waals surface area contributed by atoms with Gasteiger partial charge in [0.15, 0.2) is 0 Å². The first-order chi connectivity index (χ1) is 10.3. The number of anilines is 1. The average molecular weight is 290 g/mol. The standard InChI is InChI=1S/C16H26N4O/c1-14(12-15-13-21-11-6-17-15)19-7-9-20(10-8-19)16-4-2-3-5-18-16/h2-5,14-15,17H,6-13H2,1H3. The lowest BCUT2D eigenvalue weighted by atomic mass is 10.1. The van der Waals surface area contributed by atoms with E-state index in [1.54, 1.807) is 0 Å². The normalized spacial score (nSPS) is 25.8. The molecule has 0 radical (unpaired) electrons. The van der Waals surface area contributed by atoms with Crippen LogP contribution < -0.4 is 10.2 Å². The van der Waals surface area contributed by atoms with Crippen LogP contribution in [-0.2, 0) is 4.74 Å². The van der Waals surface area contributed by atoms with Gasteiger partial charge < -0.3 is 15.0 Å². The highest BCUT2D eigenvalue weighted by molar-refractivity contribution is 5.38. The molecule has 2 aliphatic rings. The van der Waals surface area contributed by atoms with Crippen molar-refractivity contribution in [3.05, 3.63) is 24.4 Å². The summed E-state index contributed by atoms with van der Waals surface area (Å²) in [6, 6.07) is 7.26. The van der Waals surface area contributed by atoms with Crippen molar-refractivity contribution in [1.29, 1.82) is 0 Å². The number of pyridine rings is 1. The van der Waals surface area contributed by atoms with Crippen molar-refractivity contribution in [2.24, 2.45) is 0 Å². The lowest BCUT2D eigenvalue weighted by Crippen LogP contribution is -2.52. The Morgan fingerprint density at radius 1 is 1.33 bits per heavy atom. The van der Waals surface area contributed by atoms with E-state index in [2.05, 4.69) is 39.2 Å². The third kappa shape index (κ3) is 3.93. The molecule has 0 bridgehead atoms. The molecule has 0 aromatic carbocycles. The minimum absolute atomic E-state index is 0.516. The van der Waals surface area contributed by atoms with Gasteiger partial charge in [-0.25, -0.2) is 4.98 Å². The van der Waals surface area contributed by atoms with Crippen LogP contribution in [0.5, 0.6) is 0 Å². The smallest absolute Gasteiger partial charge is 0.128 e. The molecule has 2 aliphatic heterocycles. The zero-order valence-electron chi connectivity index (χ0n) is 12.9. The van der Waals surface area contributed by atoms with Crippen LogP contribution in [0.15, 0.2) is 24.4 Å². The molecule has 5 nitrogen and oxygen atoms in total. The summed E-state index contributed by atoms with van der Waals surface area (Å²) in [5.74, 6) is 1.10. The van der Waals surface area contributed by atoms with Gasteiger partial charge in [-0.05, 0) is 25.5 Å². The van der Waals surface area contributed by atoms with Crippen molar-refractivity contribution in [2.45, 2.75) is 25.4 Å². The van der Waals surface area contributed by atoms with Gasteiger partial charge in [-0.1, -0.05) is 6.07 Å². The van der Waals surface area contributed by atoms with Crippen LogP contribution in [-0.4, -0.2) is 67.9 Å². The highest BCUT2D eigenvalue weighted by atomic mass is 16.5. The van der Waals surface area contributed by atoms with Crippen molar-refractivity contribution < 1.29 is 4.74 Å². The molecule has 2 saturated heterocycles. The number of piperazine rings is 1. The predicted octanol–water partition coefficient (Wildman–Crippen LogP) is 0.971. The fourth-order valence-electron chi connectivity index (χ4n) is 3.26. The van der Waals surface area contributed by atoms with Crippen LogP contribution in [0.4, 0.5) is 5.82 Å². The van der Waals surface area contributed by atoms with Crippen molar-refractivity contribution in [3.63, 3.8) is 0 Å². The van der Waals surface area contributed by atoms with Gasteiger partial charge in [-0.3, -0.25) is 4.90 Å². The minimum Gasteiger partial charge on any atom is -0.379 e. The fraction of sp³-hybridized carbons (Fsp3) is 0.688. The highest BCUT2D eigenvalue weighted by Crippen LogP contribution is 2.16. The lowest BCUT2D eigenvalue weighted by Gasteiger charge is -2.40. The van der Waals surface area contributed by atoms with E-state index in [-0.39, 0.29) is 0 Å². The molecule has 21 heavy (non-hydrogen) atoms. The van der Waals surface area contributed by atoms with E-state index in [0.717, 1.165) is 51.8 Å². The van der Waals surface area contributed by atoms with Gasteiger partial charge in [-0.15, -0.1) is 0 Å². The SMILES string of the molecule is CC(CC1COCCN1)N1CCN(c2ccccn2)CC1. The second kappa shape index (κ2) is 7.20. The Morgan fingerprint density at radius 3 is 2.86 bits per heavy atom. The molecule has 3 rings (SSSR count). The Labute approximate surface area is 127 Å². The zero-order valence-corrected chi connectivity index (χ0v) is 12.9. The largest absolute Gasteiger partial charge is 0.379 e. The van der Waals surface area contributed by atoms with Crippen molar-refractivity contribution >= 4 is 5.82 Å². The van der Waals surface area contributed by atoms with Gasteiger partial charge in [0.2, 0.25) is 0 Å². The molecule has 0 amide bonds. The summed E-state index contributed by atoms with van der Waals surface area (Å²) in [6.07, 6.45) is 3.04. The van der Waals surface area contributed by atoms with Crippen molar-refractivity contribution in [2.75, 3.05) is 50.8 Å². The molecule has 2 fully saturated rings. The maximum Gasteiger partial charge on any atom is 0.128 e. The number of nitrogens with one attached hydrogen (secondary N) is 1. The summed E-state index contributed by atoms with van der Waals surface area (Å²) in [6.45, 7) is 9.41. The summed E-state index contributed by atoms with van der Waals surface area (Å²) < 4.78 is 5.55. The van der Waals surface area contributed by atoms with Crippen molar-refractivity contribution in [1.82, 2.24) is 15.2 Å². The van der Waals surface area contributed by atoms with Crippen LogP contribution in [0.25, 0.3) is 0 Å². The molecule has 5 heteroatoms. The summed E-state index contributed by atoms with van der Waals surface area (Å²) in [5, 5.41) is 3.55. The molecule has 0 saturated carbocycles. The van der Waals surface area contributed by atoms with Crippen LogP contribution >= 0.6 is 0 Å². The molecular weight excluding hydrogens is 264 g/mol. The molecule has 1 N–H and O–H groups in total.